The van der Waals surface area contributed by atoms with Gasteiger partial charge in [-0.2, -0.15) is 0 Å². The van der Waals surface area contributed by atoms with Crippen LogP contribution in [0.2, 0.25) is 5.02 Å². The molecular formula is C14H19ClN2O. The van der Waals surface area contributed by atoms with E-state index >= 15 is 0 Å². The van der Waals surface area contributed by atoms with Gasteiger partial charge in [0.15, 0.2) is 0 Å². The Labute approximate surface area is 113 Å². The number of carbonyl (C=O) groups is 1. The largest absolute Gasteiger partial charge is 0.366 e. The molecule has 0 saturated heterocycles. The Bertz CT molecular complexity index is 447. The third kappa shape index (κ3) is 3.24. The van der Waals surface area contributed by atoms with E-state index in [4.69, 9.17) is 17.3 Å². The summed E-state index contributed by atoms with van der Waals surface area (Å²) in [5.41, 5.74) is 6.68. The number of amides is 1. The third-order valence-corrected chi connectivity index (χ3v) is 3.97. The summed E-state index contributed by atoms with van der Waals surface area (Å²) in [6.07, 6.45) is 3.77. The van der Waals surface area contributed by atoms with Crippen LogP contribution in [-0.4, -0.2) is 11.9 Å². The van der Waals surface area contributed by atoms with Crippen LogP contribution >= 0.6 is 11.6 Å². The van der Waals surface area contributed by atoms with Crippen molar-refractivity contribution in [1.29, 1.82) is 0 Å². The molecule has 0 spiro atoms. The molecule has 1 amide bonds. The summed E-state index contributed by atoms with van der Waals surface area (Å²) in [5.74, 6) is 0.372. The van der Waals surface area contributed by atoms with Gasteiger partial charge in [0.2, 0.25) is 5.91 Å². The molecule has 2 atom stereocenters. The van der Waals surface area contributed by atoms with Gasteiger partial charge < -0.3 is 11.1 Å². The van der Waals surface area contributed by atoms with Gasteiger partial charge >= 0.3 is 0 Å². The molecule has 0 radical (unpaired) electrons. The number of primary amides is 1. The molecule has 1 saturated carbocycles. The van der Waals surface area contributed by atoms with Crippen LogP contribution in [0.1, 0.15) is 42.1 Å². The maximum absolute atomic E-state index is 11.0. The number of nitrogens with one attached hydrogen (secondary N) is 1. The van der Waals surface area contributed by atoms with Crippen LogP contribution in [0.25, 0.3) is 0 Å². The van der Waals surface area contributed by atoms with Crippen LogP contribution in [0.5, 0.6) is 0 Å². The molecule has 4 heteroatoms. The van der Waals surface area contributed by atoms with Crippen molar-refractivity contribution in [1.82, 2.24) is 5.32 Å². The number of benzene rings is 1. The Kier molecular flexibility index (Phi) is 4.25. The minimum Gasteiger partial charge on any atom is -0.366 e. The average molecular weight is 267 g/mol. The highest BCUT2D eigenvalue weighted by Crippen LogP contribution is 2.25. The van der Waals surface area contributed by atoms with Crippen LogP contribution in [0, 0.1) is 5.92 Å². The molecule has 98 valence electrons. The number of carbonyl (C=O) groups excluding carboxylic acids is 1. The first-order valence-electron chi connectivity index (χ1n) is 6.38. The molecule has 1 aliphatic rings. The van der Waals surface area contributed by atoms with Crippen molar-refractivity contribution >= 4 is 17.5 Å². The smallest absolute Gasteiger partial charge is 0.248 e. The minimum atomic E-state index is -0.443. The molecular weight excluding hydrogens is 248 g/mol. The number of rotatable bonds is 4. The lowest BCUT2D eigenvalue weighted by molar-refractivity contribution is 0.100. The fourth-order valence-electron chi connectivity index (χ4n) is 2.49. The van der Waals surface area contributed by atoms with Gasteiger partial charge in [-0.3, -0.25) is 4.79 Å². The van der Waals surface area contributed by atoms with Gasteiger partial charge in [-0.1, -0.05) is 24.6 Å². The van der Waals surface area contributed by atoms with E-state index in [-0.39, 0.29) is 0 Å². The van der Waals surface area contributed by atoms with E-state index in [9.17, 15) is 4.79 Å². The maximum atomic E-state index is 11.0. The Hall–Kier alpha value is -1.06. The van der Waals surface area contributed by atoms with Crippen molar-refractivity contribution in [3.05, 3.63) is 34.3 Å². The zero-order valence-electron chi connectivity index (χ0n) is 10.6. The number of nitrogens with two attached hydrogens (primary N) is 1. The van der Waals surface area contributed by atoms with Gasteiger partial charge in [0.05, 0.1) is 0 Å². The maximum Gasteiger partial charge on any atom is 0.248 e. The third-order valence-electron chi connectivity index (χ3n) is 3.61. The summed E-state index contributed by atoms with van der Waals surface area (Å²) < 4.78 is 0. The monoisotopic (exact) mass is 266 g/mol. The fraction of sp³-hybridized carbons (Fsp3) is 0.500. The van der Waals surface area contributed by atoms with E-state index in [1.807, 2.05) is 6.07 Å². The lowest BCUT2D eigenvalue weighted by Crippen LogP contribution is -2.26. The molecule has 0 aliphatic heterocycles. The molecule has 2 rings (SSSR count). The number of hydrogen-bond acceptors (Lipinski definition) is 2. The van der Waals surface area contributed by atoms with Crippen LogP contribution in [0.15, 0.2) is 18.2 Å². The van der Waals surface area contributed by atoms with Crippen LogP contribution < -0.4 is 11.1 Å². The second kappa shape index (κ2) is 5.72. The van der Waals surface area contributed by atoms with Gasteiger partial charge in [0.1, 0.15) is 0 Å². The highest BCUT2D eigenvalue weighted by Gasteiger charge is 2.20. The van der Waals surface area contributed by atoms with Crippen molar-refractivity contribution in [3.63, 3.8) is 0 Å². The quantitative estimate of drug-likeness (QED) is 0.880. The molecule has 3 N–H and O–H groups in total. The molecule has 18 heavy (non-hydrogen) atoms. The molecule has 1 fully saturated rings. The Morgan fingerprint density at radius 3 is 2.83 bits per heavy atom. The van der Waals surface area contributed by atoms with E-state index in [1.54, 1.807) is 12.1 Å². The number of halogens is 1. The van der Waals surface area contributed by atoms with Crippen molar-refractivity contribution in [2.75, 3.05) is 0 Å². The molecule has 0 heterocycles. The summed E-state index contributed by atoms with van der Waals surface area (Å²) in [6.45, 7) is 3.03. The molecule has 0 aromatic heterocycles. The van der Waals surface area contributed by atoms with E-state index in [0.29, 0.717) is 16.6 Å². The summed E-state index contributed by atoms with van der Waals surface area (Å²) in [7, 11) is 0. The van der Waals surface area contributed by atoms with Gasteiger partial charge in [-0.15, -0.1) is 0 Å². The molecule has 3 nitrogen and oxygen atoms in total. The summed E-state index contributed by atoms with van der Waals surface area (Å²) >= 11 is 6.14. The van der Waals surface area contributed by atoms with Gasteiger partial charge in [0.25, 0.3) is 0 Å². The summed E-state index contributed by atoms with van der Waals surface area (Å²) in [5, 5.41) is 4.12. The van der Waals surface area contributed by atoms with Crippen LogP contribution in [0.3, 0.4) is 0 Å². The van der Waals surface area contributed by atoms with Gasteiger partial charge in [0, 0.05) is 23.2 Å². The molecule has 0 bridgehead atoms. The highest BCUT2D eigenvalue weighted by molar-refractivity contribution is 6.31. The molecule has 2 unspecified atom stereocenters. The first-order valence-corrected chi connectivity index (χ1v) is 6.75. The summed E-state index contributed by atoms with van der Waals surface area (Å²) in [6, 6.07) is 5.82. The number of hydrogen-bond donors (Lipinski definition) is 2. The predicted molar refractivity (Wildman–Crippen MR) is 73.6 cm³/mol. The predicted octanol–water partition coefficient (Wildman–Crippen LogP) is 2.72. The van der Waals surface area contributed by atoms with Crippen LogP contribution in [0.4, 0.5) is 0 Å². The van der Waals surface area contributed by atoms with Crippen molar-refractivity contribution < 1.29 is 4.79 Å². The average Bonchev–Trinajstić information content (AvgIpc) is 2.73. The minimum absolute atomic E-state index is 0.443. The molecule has 1 aliphatic carbocycles. The van der Waals surface area contributed by atoms with Crippen molar-refractivity contribution in [2.24, 2.45) is 11.7 Å². The van der Waals surface area contributed by atoms with E-state index in [2.05, 4.69) is 12.2 Å². The second-order valence-electron chi connectivity index (χ2n) is 5.17. The normalized spacial score (nSPS) is 23.2. The van der Waals surface area contributed by atoms with Crippen molar-refractivity contribution in [3.8, 4) is 0 Å². The Balaban J connectivity index is 1.95. The summed E-state index contributed by atoms with van der Waals surface area (Å²) in [4.78, 5) is 11.0. The first-order chi connectivity index (χ1) is 8.56. The fourth-order valence-corrected chi connectivity index (χ4v) is 2.74. The topological polar surface area (TPSA) is 55.1 Å². The first kappa shape index (κ1) is 13.4. The van der Waals surface area contributed by atoms with E-state index in [0.717, 1.165) is 18.0 Å². The highest BCUT2D eigenvalue weighted by atomic mass is 35.5. The molecule has 1 aromatic rings. The van der Waals surface area contributed by atoms with Gasteiger partial charge in [-0.25, -0.2) is 0 Å². The zero-order valence-corrected chi connectivity index (χ0v) is 11.3. The SMILES string of the molecule is CC1CCC(NCc2ccc(C(N)=O)cc2Cl)C1. The van der Waals surface area contributed by atoms with E-state index < -0.39 is 5.91 Å². The van der Waals surface area contributed by atoms with E-state index in [1.165, 1.54) is 19.3 Å². The molecule has 1 aromatic carbocycles. The Morgan fingerprint density at radius 2 is 2.28 bits per heavy atom. The second-order valence-corrected chi connectivity index (χ2v) is 5.57. The van der Waals surface area contributed by atoms with Crippen LogP contribution in [-0.2, 0) is 6.54 Å². The standard InChI is InChI=1S/C14H19ClN2O/c1-9-2-5-12(6-9)17-8-11-4-3-10(14(16)18)7-13(11)15/h3-4,7,9,12,17H,2,5-6,8H2,1H3,(H2,16,18). The lowest BCUT2D eigenvalue weighted by Gasteiger charge is -2.13. The van der Waals surface area contributed by atoms with Gasteiger partial charge in [-0.05, 0) is 42.9 Å². The van der Waals surface area contributed by atoms with Crippen molar-refractivity contribution in [2.45, 2.75) is 38.8 Å². The lowest BCUT2D eigenvalue weighted by atomic mass is 10.1. The zero-order chi connectivity index (χ0) is 13.1. The Morgan fingerprint density at radius 1 is 1.50 bits per heavy atom.